The number of hydrogen-bond donors (Lipinski definition) is 0. The molecular weight excluding hydrogens is 252 g/mol. The first-order chi connectivity index (χ1) is 8.42. The van der Waals surface area contributed by atoms with Gasteiger partial charge in [-0.05, 0) is 31.5 Å². The summed E-state index contributed by atoms with van der Waals surface area (Å²) in [6.07, 6.45) is 0. The van der Waals surface area contributed by atoms with E-state index < -0.39 is 9.84 Å². The van der Waals surface area contributed by atoms with E-state index in [-0.39, 0.29) is 22.5 Å². The zero-order valence-electron chi connectivity index (χ0n) is 10.8. The summed E-state index contributed by atoms with van der Waals surface area (Å²) in [5.74, 6) is -0.619. The highest BCUT2D eigenvalue weighted by atomic mass is 32.2. The predicted octanol–water partition coefficient (Wildman–Crippen LogP) is 2.15. The lowest BCUT2D eigenvalue weighted by Gasteiger charge is -2.11. The Hall–Kier alpha value is -1.36. The molecule has 5 heteroatoms. The SMILES string of the molecule is CCOC(=O)[C@@H](C)c1ccc(S(=O)(=O)CC)cc1. The fourth-order valence-electron chi connectivity index (χ4n) is 1.53. The summed E-state index contributed by atoms with van der Waals surface area (Å²) < 4.78 is 28.2. The first kappa shape index (κ1) is 14.7. The van der Waals surface area contributed by atoms with E-state index in [2.05, 4.69) is 0 Å². The molecule has 1 atom stereocenters. The topological polar surface area (TPSA) is 60.4 Å². The maximum absolute atomic E-state index is 11.6. The van der Waals surface area contributed by atoms with Crippen LogP contribution in [0.2, 0.25) is 0 Å². The minimum atomic E-state index is -3.19. The van der Waals surface area contributed by atoms with E-state index >= 15 is 0 Å². The van der Waals surface area contributed by atoms with Crippen molar-refractivity contribution in [2.75, 3.05) is 12.4 Å². The van der Waals surface area contributed by atoms with Crippen molar-refractivity contribution in [3.63, 3.8) is 0 Å². The molecule has 0 aromatic heterocycles. The lowest BCUT2D eigenvalue weighted by Crippen LogP contribution is -2.13. The summed E-state index contributed by atoms with van der Waals surface area (Å²) in [5.41, 5.74) is 0.753. The van der Waals surface area contributed by atoms with Crippen LogP contribution in [0.5, 0.6) is 0 Å². The summed E-state index contributed by atoms with van der Waals surface area (Å²) >= 11 is 0. The average Bonchev–Trinajstić information content (AvgIpc) is 2.38. The molecule has 0 fully saturated rings. The maximum atomic E-state index is 11.6. The number of benzene rings is 1. The second kappa shape index (κ2) is 6.00. The molecule has 4 nitrogen and oxygen atoms in total. The lowest BCUT2D eigenvalue weighted by atomic mass is 10.0. The van der Waals surface area contributed by atoms with E-state index in [1.165, 1.54) is 12.1 Å². The van der Waals surface area contributed by atoms with Gasteiger partial charge in [-0.2, -0.15) is 0 Å². The van der Waals surface area contributed by atoms with Crippen molar-refractivity contribution in [3.05, 3.63) is 29.8 Å². The Morgan fingerprint density at radius 2 is 1.78 bits per heavy atom. The van der Waals surface area contributed by atoms with Crippen molar-refractivity contribution in [1.29, 1.82) is 0 Å². The summed E-state index contributed by atoms with van der Waals surface area (Å²) in [6.45, 7) is 5.43. The van der Waals surface area contributed by atoms with Crippen LogP contribution in [0, 0.1) is 0 Å². The molecular formula is C13H18O4S. The molecule has 1 aromatic rings. The number of rotatable bonds is 5. The molecule has 100 valence electrons. The number of hydrogen-bond acceptors (Lipinski definition) is 4. The van der Waals surface area contributed by atoms with Gasteiger partial charge in [0.05, 0.1) is 23.2 Å². The summed E-state index contributed by atoms with van der Waals surface area (Å²) in [5, 5.41) is 0. The van der Waals surface area contributed by atoms with Gasteiger partial charge in [-0.3, -0.25) is 4.79 Å². The molecule has 0 heterocycles. The van der Waals surface area contributed by atoms with Gasteiger partial charge in [0.2, 0.25) is 0 Å². The molecule has 1 aromatic carbocycles. The Morgan fingerprint density at radius 3 is 2.22 bits per heavy atom. The van der Waals surface area contributed by atoms with Gasteiger partial charge in [-0.1, -0.05) is 19.1 Å². The van der Waals surface area contributed by atoms with Gasteiger partial charge in [0.25, 0.3) is 0 Å². The Morgan fingerprint density at radius 1 is 1.22 bits per heavy atom. The zero-order valence-corrected chi connectivity index (χ0v) is 11.7. The molecule has 0 aliphatic rings. The minimum absolute atomic E-state index is 0.0692. The van der Waals surface area contributed by atoms with Gasteiger partial charge < -0.3 is 4.74 Å². The van der Waals surface area contributed by atoms with Crippen molar-refractivity contribution in [3.8, 4) is 0 Å². The standard InChI is InChI=1S/C13H18O4S/c1-4-17-13(14)10(3)11-6-8-12(9-7-11)18(15,16)5-2/h6-10H,4-5H2,1-3H3/t10-/m0/s1. The van der Waals surface area contributed by atoms with Gasteiger partial charge in [-0.15, -0.1) is 0 Å². The van der Waals surface area contributed by atoms with Gasteiger partial charge >= 0.3 is 5.97 Å². The third-order valence-corrected chi connectivity index (χ3v) is 4.51. The largest absolute Gasteiger partial charge is 0.466 e. The Bertz CT molecular complexity index is 502. The lowest BCUT2D eigenvalue weighted by molar-refractivity contribution is -0.144. The second-order valence-electron chi connectivity index (χ2n) is 3.95. The molecule has 0 spiro atoms. The molecule has 0 unspecified atom stereocenters. The van der Waals surface area contributed by atoms with Crippen LogP contribution in [0.1, 0.15) is 32.3 Å². The number of carbonyl (C=O) groups is 1. The molecule has 0 saturated carbocycles. The molecule has 0 aliphatic heterocycles. The van der Waals surface area contributed by atoms with Crippen LogP contribution in [-0.4, -0.2) is 26.7 Å². The van der Waals surface area contributed by atoms with Gasteiger partial charge in [-0.25, -0.2) is 8.42 Å². The fourth-order valence-corrected chi connectivity index (χ4v) is 2.42. The van der Waals surface area contributed by atoms with Crippen LogP contribution in [0.25, 0.3) is 0 Å². The molecule has 0 amide bonds. The number of esters is 1. The number of ether oxygens (including phenoxy) is 1. The summed E-state index contributed by atoms with van der Waals surface area (Å²) in [6, 6.07) is 6.38. The van der Waals surface area contributed by atoms with E-state index in [0.29, 0.717) is 6.61 Å². The van der Waals surface area contributed by atoms with E-state index in [1.54, 1.807) is 32.9 Å². The fraction of sp³-hybridized carbons (Fsp3) is 0.462. The van der Waals surface area contributed by atoms with E-state index in [0.717, 1.165) is 5.56 Å². The van der Waals surface area contributed by atoms with E-state index in [1.807, 2.05) is 0 Å². The zero-order chi connectivity index (χ0) is 13.8. The van der Waals surface area contributed by atoms with Crippen LogP contribution in [0.4, 0.5) is 0 Å². The molecule has 0 N–H and O–H groups in total. The highest BCUT2D eigenvalue weighted by Crippen LogP contribution is 2.19. The Labute approximate surface area is 108 Å². The minimum Gasteiger partial charge on any atom is -0.466 e. The van der Waals surface area contributed by atoms with E-state index in [9.17, 15) is 13.2 Å². The van der Waals surface area contributed by atoms with Crippen LogP contribution < -0.4 is 0 Å². The van der Waals surface area contributed by atoms with Crippen molar-refractivity contribution in [2.45, 2.75) is 31.6 Å². The predicted molar refractivity (Wildman–Crippen MR) is 69.2 cm³/mol. The van der Waals surface area contributed by atoms with Crippen molar-refractivity contribution in [2.24, 2.45) is 0 Å². The molecule has 0 saturated heterocycles. The Kier molecular flexibility index (Phi) is 4.90. The van der Waals surface area contributed by atoms with E-state index in [4.69, 9.17) is 4.74 Å². The first-order valence-electron chi connectivity index (χ1n) is 5.91. The van der Waals surface area contributed by atoms with Gasteiger partial charge in [0.15, 0.2) is 9.84 Å². The summed E-state index contributed by atoms with van der Waals surface area (Å²) in [7, 11) is -3.19. The third-order valence-electron chi connectivity index (χ3n) is 2.76. The number of sulfone groups is 1. The number of carbonyl (C=O) groups excluding carboxylic acids is 1. The second-order valence-corrected chi connectivity index (χ2v) is 6.22. The van der Waals surface area contributed by atoms with Crippen molar-refractivity contribution in [1.82, 2.24) is 0 Å². The average molecular weight is 270 g/mol. The normalized spacial score (nSPS) is 13.1. The monoisotopic (exact) mass is 270 g/mol. The maximum Gasteiger partial charge on any atom is 0.313 e. The van der Waals surface area contributed by atoms with Crippen LogP contribution in [-0.2, 0) is 19.4 Å². The molecule has 18 heavy (non-hydrogen) atoms. The van der Waals surface area contributed by atoms with Gasteiger partial charge in [0, 0.05) is 0 Å². The van der Waals surface area contributed by atoms with Crippen LogP contribution in [0.15, 0.2) is 29.2 Å². The van der Waals surface area contributed by atoms with Gasteiger partial charge in [0.1, 0.15) is 0 Å². The Balaban J connectivity index is 2.93. The van der Waals surface area contributed by atoms with Crippen LogP contribution >= 0.6 is 0 Å². The first-order valence-corrected chi connectivity index (χ1v) is 7.57. The molecule has 0 aliphatic carbocycles. The van der Waals surface area contributed by atoms with Crippen molar-refractivity contribution >= 4 is 15.8 Å². The molecule has 0 bridgehead atoms. The molecule has 0 radical (unpaired) electrons. The smallest absolute Gasteiger partial charge is 0.313 e. The van der Waals surface area contributed by atoms with Crippen LogP contribution in [0.3, 0.4) is 0 Å². The molecule has 1 rings (SSSR count). The third kappa shape index (κ3) is 3.32. The highest BCUT2D eigenvalue weighted by Gasteiger charge is 2.17. The highest BCUT2D eigenvalue weighted by molar-refractivity contribution is 7.91. The van der Waals surface area contributed by atoms with Crippen molar-refractivity contribution < 1.29 is 17.9 Å². The quantitative estimate of drug-likeness (QED) is 0.769. The summed E-state index contributed by atoms with van der Waals surface area (Å²) in [4.78, 5) is 11.8.